The summed E-state index contributed by atoms with van der Waals surface area (Å²) >= 11 is 0. The third kappa shape index (κ3) is 6.18. The fourth-order valence-corrected chi connectivity index (χ4v) is 2.14. The molecule has 0 saturated carbocycles. The number of hydrogen-bond acceptors (Lipinski definition) is 2. The average Bonchev–Trinajstić information content (AvgIpc) is 2.43. The maximum atomic E-state index is 3.57. The summed E-state index contributed by atoms with van der Waals surface area (Å²) in [4.78, 5) is 0. The Bertz CT molecular complexity index is 284. The molecule has 102 valence electrons. The first kappa shape index (κ1) is 15.2. The summed E-state index contributed by atoms with van der Waals surface area (Å²) in [5, 5.41) is 7.00. The van der Waals surface area contributed by atoms with E-state index in [0.29, 0.717) is 5.92 Å². The molecule has 1 aromatic rings. The van der Waals surface area contributed by atoms with Crippen LogP contribution >= 0.6 is 0 Å². The van der Waals surface area contributed by atoms with Crippen molar-refractivity contribution in [1.82, 2.24) is 10.6 Å². The van der Waals surface area contributed by atoms with Gasteiger partial charge in [0.05, 0.1) is 0 Å². The van der Waals surface area contributed by atoms with Gasteiger partial charge < -0.3 is 10.6 Å². The van der Waals surface area contributed by atoms with Gasteiger partial charge in [0.15, 0.2) is 0 Å². The Balaban J connectivity index is 2.13. The minimum absolute atomic E-state index is 0.648. The van der Waals surface area contributed by atoms with Crippen LogP contribution in [0.4, 0.5) is 0 Å². The van der Waals surface area contributed by atoms with E-state index in [2.05, 4.69) is 54.8 Å². The van der Waals surface area contributed by atoms with E-state index in [9.17, 15) is 0 Å². The Labute approximate surface area is 112 Å². The fraction of sp³-hybridized carbons (Fsp3) is 0.625. The molecule has 0 aromatic heterocycles. The summed E-state index contributed by atoms with van der Waals surface area (Å²) in [6.45, 7) is 8.94. The zero-order chi connectivity index (χ0) is 13.1. The van der Waals surface area contributed by atoms with Crippen LogP contribution in [-0.4, -0.2) is 26.2 Å². The summed E-state index contributed by atoms with van der Waals surface area (Å²) in [7, 11) is 0. The van der Waals surface area contributed by atoms with Crippen LogP contribution in [0, 0.1) is 0 Å². The quantitative estimate of drug-likeness (QED) is 0.622. The lowest BCUT2D eigenvalue weighted by Crippen LogP contribution is -2.25. The van der Waals surface area contributed by atoms with Crippen LogP contribution in [0.2, 0.25) is 0 Å². The van der Waals surface area contributed by atoms with Crippen molar-refractivity contribution in [2.45, 2.75) is 39.0 Å². The van der Waals surface area contributed by atoms with Crippen LogP contribution in [0.25, 0.3) is 0 Å². The molecule has 1 aromatic carbocycles. The normalized spacial score (nSPS) is 12.6. The van der Waals surface area contributed by atoms with Crippen molar-refractivity contribution in [3.8, 4) is 0 Å². The van der Waals surface area contributed by atoms with E-state index in [4.69, 9.17) is 0 Å². The van der Waals surface area contributed by atoms with Gasteiger partial charge in [0, 0.05) is 6.54 Å². The van der Waals surface area contributed by atoms with Gasteiger partial charge in [-0.1, -0.05) is 44.2 Å². The van der Waals surface area contributed by atoms with Crippen LogP contribution < -0.4 is 10.6 Å². The second kappa shape index (κ2) is 10.1. The molecule has 0 aliphatic heterocycles. The summed E-state index contributed by atoms with van der Waals surface area (Å²) in [6, 6.07) is 10.8. The van der Waals surface area contributed by atoms with E-state index in [0.717, 1.165) is 26.2 Å². The minimum Gasteiger partial charge on any atom is -0.317 e. The van der Waals surface area contributed by atoms with Crippen molar-refractivity contribution < 1.29 is 0 Å². The Kier molecular flexibility index (Phi) is 8.53. The van der Waals surface area contributed by atoms with Crippen LogP contribution in [0.5, 0.6) is 0 Å². The Hall–Kier alpha value is -0.860. The van der Waals surface area contributed by atoms with Crippen molar-refractivity contribution in [1.29, 1.82) is 0 Å². The maximum absolute atomic E-state index is 3.57. The molecular weight excluding hydrogens is 220 g/mol. The predicted octanol–water partition coefficient (Wildman–Crippen LogP) is 3.16. The summed E-state index contributed by atoms with van der Waals surface area (Å²) in [5.74, 6) is 0.648. The summed E-state index contributed by atoms with van der Waals surface area (Å²) in [6.07, 6.45) is 3.63. The monoisotopic (exact) mass is 248 g/mol. The van der Waals surface area contributed by atoms with Crippen LogP contribution in [0.1, 0.15) is 44.6 Å². The van der Waals surface area contributed by atoms with Gasteiger partial charge in [-0.2, -0.15) is 0 Å². The van der Waals surface area contributed by atoms with E-state index >= 15 is 0 Å². The van der Waals surface area contributed by atoms with Gasteiger partial charge in [-0.25, -0.2) is 0 Å². The lowest BCUT2D eigenvalue weighted by molar-refractivity contribution is 0.543. The number of benzene rings is 1. The smallest absolute Gasteiger partial charge is 0.00200 e. The highest BCUT2D eigenvalue weighted by atomic mass is 14.9. The first-order valence-corrected chi connectivity index (χ1v) is 7.34. The lowest BCUT2D eigenvalue weighted by atomic mass is 9.96. The highest BCUT2D eigenvalue weighted by Gasteiger charge is 2.07. The third-order valence-corrected chi connectivity index (χ3v) is 3.29. The van der Waals surface area contributed by atoms with E-state index in [1.807, 2.05) is 0 Å². The van der Waals surface area contributed by atoms with Gasteiger partial charge in [-0.15, -0.1) is 0 Å². The highest BCUT2D eigenvalue weighted by Crippen LogP contribution is 2.17. The predicted molar refractivity (Wildman–Crippen MR) is 80.1 cm³/mol. The van der Waals surface area contributed by atoms with Gasteiger partial charge in [0.1, 0.15) is 0 Å². The van der Waals surface area contributed by atoms with Crippen molar-refractivity contribution in [2.24, 2.45) is 0 Å². The molecule has 0 aliphatic rings. The van der Waals surface area contributed by atoms with E-state index in [1.165, 1.54) is 24.8 Å². The molecule has 2 N–H and O–H groups in total. The zero-order valence-corrected chi connectivity index (χ0v) is 11.9. The SMILES string of the molecule is CCCNCCCNCC(CC)c1ccccc1. The molecule has 0 aliphatic carbocycles. The largest absolute Gasteiger partial charge is 0.317 e. The van der Waals surface area contributed by atoms with Crippen LogP contribution in [-0.2, 0) is 0 Å². The molecule has 0 amide bonds. The number of rotatable bonds is 10. The maximum Gasteiger partial charge on any atom is 0.00200 e. The van der Waals surface area contributed by atoms with Crippen LogP contribution in [0.3, 0.4) is 0 Å². The zero-order valence-electron chi connectivity index (χ0n) is 11.9. The van der Waals surface area contributed by atoms with Crippen molar-refractivity contribution >= 4 is 0 Å². The molecule has 0 heterocycles. The average molecular weight is 248 g/mol. The molecule has 1 unspecified atom stereocenters. The Morgan fingerprint density at radius 1 is 0.944 bits per heavy atom. The standard InChI is InChI=1S/C16H28N2/c1-3-11-17-12-8-13-18-14-15(4-2)16-9-6-5-7-10-16/h5-7,9-10,15,17-18H,3-4,8,11-14H2,1-2H3. The molecule has 0 fully saturated rings. The fourth-order valence-electron chi connectivity index (χ4n) is 2.14. The van der Waals surface area contributed by atoms with Crippen molar-refractivity contribution in [3.05, 3.63) is 35.9 Å². The molecule has 2 nitrogen and oxygen atoms in total. The third-order valence-electron chi connectivity index (χ3n) is 3.29. The first-order valence-electron chi connectivity index (χ1n) is 7.34. The summed E-state index contributed by atoms with van der Waals surface area (Å²) < 4.78 is 0. The summed E-state index contributed by atoms with van der Waals surface area (Å²) in [5.41, 5.74) is 1.46. The molecule has 2 heteroatoms. The van der Waals surface area contributed by atoms with Gasteiger partial charge in [0.2, 0.25) is 0 Å². The van der Waals surface area contributed by atoms with Crippen molar-refractivity contribution in [3.63, 3.8) is 0 Å². The van der Waals surface area contributed by atoms with Gasteiger partial charge in [-0.3, -0.25) is 0 Å². The molecule has 18 heavy (non-hydrogen) atoms. The minimum atomic E-state index is 0.648. The highest BCUT2D eigenvalue weighted by molar-refractivity contribution is 5.19. The lowest BCUT2D eigenvalue weighted by Gasteiger charge is -2.16. The second-order valence-electron chi connectivity index (χ2n) is 4.82. The molecule has 0 spiro atoms. The van der Waals surface area contributed by atoms with Gasteiger partial charge in [0.25, 0.3) is 0 Å². The Morgan fingerprint density at radius 3 is 2.33 bits per heavy atom. The van der Waals surface area contributed by atoms with Crippen LogP contribution in [0.15, 0.2) is 30.3 Å². The van der Waals surface area contributed by atoms with Crippen molar-refractivity contribution in [2.75, 3.05) is 26.2 Å². The van der Waals surface area contributed by atoms with E-state index < -0.39 is 0 Å². The molecule has 0 saturated heterocycles. The topological polar surface area (TPSA) is 24.1 Å². The Morgan fingerprint density at radius 2 is 1.67 bits per heavy atom. The molecular formula is C16H28N2. The molecule has 0 radical (unpaired) electrons. The van der Waals surface area contributed by atoms with Gasteiger partial charge in [-0.05, 0) is 50.4 Å². The molecule has 1 rings (SSSR count). The first-order chi connectivity index (χ1) is 8.88. The molecule has 1 atom stereocenters. The second-order valence-corrected chi connectivity index (χ2v) is 4.82. The number of hydrogen-bond donors (Lipinski definition) is 2. The molecule has 0 bridgehead atoms. The van der Waals surface area contributed by atoms with E-state index in [1.54, 1.807) is 0 Å². The van der Waals surface area contributed by atoms with Gasteiger partial charge >= 0.3 is 0 Å². The van der Waals surface area contributed by atoms with E-state index in [-0.39, 0.29) is 0 Å². The number of nitrogens with one attached hydrogen (secondary N) is 2.